The fourth-order valence-corrected chi connectivity index (χ4v) is 2.67. The van der Waals surface area contributed by atoms with Gasteiger partial charge in [0.05, 0.1) is 14.0 Å². The molecule has 0 saturated carbocycles. The normalized spacial score (nSPS) is 17.2. The van der Waals surface area contributed by atoms with Crippen molar-refractivity contribution in [3.63, 3.8) is 0 Å². The lowest BCUT2D eigenvalue weighted by atomic mass is 10.1. The average Bonchev–Trinajstić information content (AvgIpc) is 2.74. The summed E-state index contributed by atoms with van der Waals surface area (Å²) in [5.74, 6) is 1.31. The second-order valence-corrected chi connectivity index (χ2v) is 5.10. The van der Waals surface area contributed by atoms with Crippen LogP contribution in [0.3, 0.4) is 0 Å². The van der Waals surface area contributed by atoms with Crippen LogP contribution in [0.5, 0.6) is 0 Å². The first-order valence-corrected chi connectivity index (χ1v) is 6.81. The topological polar surface area (TPSA) is 24.5 Å². The minimum Gasteiger partial charge on any atom is -0.287 e. The van der Waals surface area contributed by atoms with Crippen LogP contribution in [0.15, 0.2) is 54.6 Å². The Bertz CT molecular complexity index is 689. The van der Waals surface area contributed by atoms with Gasteiger partial charge in [0, 0.05) is 17.7 Å². The van der Waals surface area contributed by atoms with Gasteiger partial charge in [0.25, 0.3) is 5.69 Å². The highest BCUT2D eigenvalue weighted by atomic mass is 16.1. The van der Waals surface area contributed by atoms with Gasteiger partial charge in [-0.25, -0.2) is 4.90 Å². The summed E-state index contributed by atoms with van der Waals surface area (Å²) in [5.41, 5.74) is 3.12. The lowest BCUT2D eigenvalue weighted by Gasteiger charge is -1.99. The van der Waals surface area contributed by atoms with Crippen molar-refractivity contribution in [1.29, 1.82) is 0 Å². The summed E-state index contributed by atoms with van der Waals surface area (Å²) in [4.78, 5) is 13.6. The van der Waals surface area contributed by atoms with Crippen molar-refractivity contribution in [3.05, 3.63) is 60.2 Å². The summed E-state index contributed by atoms with van der Waals surface area (Å²) in [6.07, 6.45) is 0. The largest absolute Gasteiger partial charge is 0.344 e. The second kappa shape index (κ2) is 5.02. The van der Waals surface area contributed by atoms with Crippen LogP contribution in [0.25, 0.3) is 0 Å². The molecule has 3 nitrogen and oxygen atoms in total. The molecular weight excluding hydrogens is 248 g/mol. The van der Waals surface area contributed by atoms with Gasteiger partial charge in [-0.15, -0.1) is 4.58 Å². The van der Waals surface area contributed by atoms with E-state index in [0.717, 1.165) is 17.1 Å². The first-order valence-electron chi connectivity index (χ1n) is 6.81. The fraction of sp³-hybridized carbons (Fsp3) is 0.176. The number of benzene rings is 2. The van der Waals surface area contributed by atoms with Crippen LogP contribution in [-0.2, 0) is 0 Å². The van der Waals surface area contributed by atoms with Crippen molar-refractivity contribution in [1.82, 2.24) is 0 Å². The van der Waals surface area contributed by atoms with Gasteiger partial charge in [0.2, 0.25) is 18.0 Å². The number of carbonyl (C=O) groups excluding carboxylic acids is 1. The molecule has 3 heteroatoms. The van der Waals surface area contributed by atoms with Crippen LogP contribution >= 0.6 is 0 Å². The van der Waals surface area contributed by atoms with Crippen LogP contribution in [0.4, 0.5) is 11.4 Å². The molecule has 0 radical (unpaired) electrons. The van der Waals surface area contributed by atoms with E-state index in [9.17, 15) is 4.79 Å². The molecular formula is C17H18N2O+2. The molecule has 1 heterocycles. The van der Waals surface area contributed by atoms with E-state index in [0.29, 0.717) is 6.54 Å². The van der Waals surface area contributed by atoms with E-state index in [1.54, 1.807) is 0 Å². The number of nitrogens with zero attached hydrogens (tertiary/aromatic N) is 1. The van der Waals surface area contributed by atoms with Crippen LogP contribution < -0.4 is 4.90 Å². The molecule has 0 aliphatic carbocycles. The molecule has 1 aliphatic heterocycles. The molecule has 1 aliphatic rings. The SMILES string of the molecule is CC1=[N+](CC(=O)c2ccccc2)c2ccccc2[NH+]1C. The standard InChI is InChI=1S/C17H17N2O/c1-13-18(2)15-10-6-7-11-16(15)19(13)12-17(20)14-8-4-3-5-9-14/h3-11H,12H2,1-2H3/q+1/p+1. The van der Waals surface area contributed by atoms with Crippen LogP contribution in [0, 0.1) is 0 Å². The Kier molecular flexibility index (Phi) is 3.20. The van der Waals surface area contributed by atoms with Crippen molar-refractivity contribution >= 4 is 23.0 Å². The zero-order chi connectivity index (χ0) is 14.1. The summed E-state index contributed by atoms with van der Waals surface area (Å²) in [6, 6.07) is 17.7. The Morgan fingerprint density at radius 3 is 2.45 bits per heavy atom. The van der Waals surface area contributed by atoms with E-state index in [2.05, 4.69) is 30.7 Å². The van der Waals surface area contributed by atoms with E-state index < -0.39 is 0 Å². The predicted octanol–water partition coefficient (Wildman–Crippen LogP) is 1.79. The third-order valence-electron chi connectivity index (χ3n) is 3.94. The maximum absolute atomic E-state index is 12.4. The molecule has 2 aromatic carbocycles. The Morgan fingerprint density at radius 2 is 1.70 bits per heavy atom. The van der Waals surface area contributed by atoms with Crippen molar-refractivity contribution in [2.75, 3.05) is 13.6 Å². The van der Waals surface area contributed by atoms with Gasteiger partial charge in [-0.3, -0.25) is 4.79 Å². The number of quaternary nitrogens is 1. The van der Waals surface area contributed by atoms with Crippen LogP contribution in [-0.4, -0.2) is 29.8 Å². The minimum atomic E-state index is 0.148. The van der Waals surface area contributed by atoms with Gasteiger partial charge in [-0.05, 0) is 0 Å². The molecule has 0 bridgehead atoms. The van der Waals surface area contributed by atoms with E-state index in [1.807, 2.05) is 42.5 Å². The molecule has 0 saturated heterocycles. The van der Waals surface area contributed by atoms with Gasteiger partial charge in [-0.1, -0.05) is 42.5 Å². The van der Waals surface area contributed by atoms with Gasteiger partial charge in [0.15, 0.2) is 0 Å². The van der Waals surface area contributed by atoms with Crippen LogP contribution in [0.2, 0.25) is 0 Å². The number of nitrogens with one attached hydrogen (secondary N) is 1. The summed E-state index contributed by atoms with van der Waals surface area (Å²) in [6.45, 7) is 2.47. The average molecular weight is 266 g/mol. The van der Waals surface area contributed by atoms with Crippen molar-refractivity contribution in [2.24, 2.45) is 0 Å². The van der Waals surface area contributed by atoms with E-state index in [-0.39, 0.29) is 5.78 Å². The smallest absolute Gasteiger partial charge is 0.287 e. The zero-order valence-corrected chi connectivity index (χ0v) is 11.8. The molecule has 100 valence electrons. The number of carbonyl (C=O) groups is 1. The fourth-order valence-electron chi connectivity index (χ4n) is 2.67. The minimum absolute atomic E-state index is 0.148. The Labute approximate surface area is 118 Å². The van der Waals surface area contributed by atoms with Crippen molar-refractivity contribution in [3.8, 4) is 0 Å². The van der Waals surface area contributed by atoms with Gasteiger partial charge in [-0.2, -0.15) is 0 Å². The third-order valence-corrected chi connectivity index (χ3v) is 3.94. The molecule has 0 fully saturated rings. The molecule has 0 spiro atoms. The lowest BCUT2D eigenvalue weighted by Crippen LogP contribution is -3.05. The zero-order valence-electron chi connectivity index (χ0n) is 11.8. The first kappa shape index (κ1) is 12.8. The van der Waals surface area contributed by atoms with E-state index in [1.165, 1.54) is 10.6 Å². The van der Waals surface area contributed by atoms with Gasteiger partial charge in [0.1, 0.15) is 0 Å². The van der Waals surface area contributed by atoms with Crippen molar-refractivity contribution < 1.29 is 14.3 Å². The number of amidine groups is 1. The molecule has 2 aromatic rings. The third kappa shape index (κ3) is 2.06. The molecule has 20 heavy (non-hydrogen) atoms. The molecule has 1 atom stereocenters. The van der Waals surface area contributed by atoms with E-state index >= 15 is 0 Å². The number of Topliss-reactive ketones (excluding diaryl/α,β-unsaturated/α-hetero) is 1. The number of ketones is 1. The summed E-state index contributed by atoms with van der Waals surface area (Å²) in [5, 5.41) is 0. The highest BCUT2D eigenvalue weighted by Crippen LogP contribution is 2.24. The van der Waals surface area contributed by atoms with Crippen LogP contribution in [0.1, 0.15) is 17.3 Å². The highest BCUT2D eigenvalue weighted by Gasteiger charge is 2.37. The molecule has 3 rings (SSSR count). The summed E-state index contributed by atoms with van der Waals surface area (Å²) < 4.78 is 2.11. The number of rotatable bonds is 3. The van der Waals surface area contributed by atoms with Gasteiger partial charge >= 0.3 is 5.84 Å². The molecule has 1 N–H and O–H groups in total. The molecule has 0 amide bonds. The lowest BCUT2D eigenvalue weighted by molar-refractivity contribution is -0.719. The maximum atomic E-state index is 12.4. The highest BCUT2D eigenvalue weighted by molar-refractivity contribution is 5.97. The monoisotopic (exact) mass is 266 g/mol. The van der Waals surface area contributed by atoms with E-state index in [4.69, 9.17) is 0 Å². The molecule has 1 unspecified atom stereocenters. The van der Waals surface area contributed by atoms with Crippen molar-refractivity contribution in [2.45, 2.75) is 6.92 Å². The first-order chi connectivity index (χ1) is 9.68. The predicted molar refractivity (Wildman–Crippen MR) is 79.2 cm³/mol. The number of hydrogen-bond donors (Lipinski definition) is 1. The van der Waals surface area contributed by atoms with Gasteiger partial charge < -0.3 is 0 Å². The Balaban J connectivity index is 1.93. The Hall–Kier alpha value is -2.26. The number of para-hydroxylation sites is 2. The molecule has 0 aromatic heterocycles. The maximum Gasteiger partial charge on any atom is 0.344 e. The Morgan fingerprint density at radius 1 is 1.05 bits per heavy atom. The quantitative estimate of drug-likeness (QED) is 0.665. The summed E-state index contributed by atoms with van der Waals surface area (Å²) in [7, 11) is 2.11. The summed E-state index contributed by atoms with van der Waals surface area (Å²) >= 11 is 0. The number of hydrogen-bond acceptors (Lipinski definition) is 1. The number of fused-ring (bicyclic) bond motifs is 1. The second-order valence-electron chi connectivity index (χ2n) is 5.10.